The third kappa shape index (κ3) is 2.45. The number of rotatable bonds is 1. The molecule has 1 aromatic carbocycles. The van der Waals surface area contributed by atoms with Gasteiger partial charge in [0.15, 0.2) is 0 Å². The number of ether oxygens (including phenoxy) is 1. The maximum absolute atomic E-state index is 6.11. The van der Waals surface area contributed by atoms with Crippen LogP contribution >= 0.6 is 0 Å². The number of hydrogen-bond acceptors (Lipinski definition) is 3. The van der Waals surface area contributed by atoms with Crippen molar-refractivity contribution in [1.29, 1.82) is 0 Å². The van der Waals surface area contributed by atoms with Gasteiger partial charge in [0.25, 0.3) is 0 Å². The normalized spacial score (nSPS) is 30.0. The molecule has 0 bridgehead atoms. The fourth-order valence-electron chi connectivity index (χ4n) is 2.92. The molecular formula is C15H21N3O. The average molecular weight is 259 g/mol. The highest BCUT2D eigenvalue weighted by atomic mass is 16.5. The van der Waals surface area contributed by atoms with Gasteiger partial charge in [-0.1, -0.05) is 24.6 Å². The molecule has 1 heterocycles. The van der Waals surface area contributed by atoms with Gasteiger partial charge in [0.2, 0.25) is 0 Å². The number of nitrogens with zero attached hydrogens (tertiary/aromatic N) is 3. The van der Waals surface area contributed by atoms with Crippen LogP contribution in [0.5, 0.6) is 0 Å². The van der Waals surface area contributed by atoms with Gasteiger partial charge in [0, 0.05) is 14.1 Å². The van der Waals surface area contributed by atoms with Crippen LogP contribution in [0.2, 0.25) is 0 Å². The molecular weight excluding hydrogens is 238 g/mol. The maximum Gasteiger partial charge on any atom is 0.307 e. The third-order valence-corrected chi connectivity index (χ3v) is 4.14. The van der Waals surface area contributed by atoms with Crippen molar-refractivity contribution in [3.63, 3.8) is 0 Å². The second-order valence-corrected chi connectivity index (χ2v) is 5.34. The molecule has 0 radical (unpaired) electrons. The zero-order valence-electron chi connectivity index (χ0n) is 11.6. The van der Waals surface area contributed by atoms with E-state index in [1.165, 1.54) is 19.3 Å². The molecule has 1 aromatic rings. The van der Waals surface area contributed by atoms with Crippen LogP contribution in [-0.4, -0.2) is 42.3 Å². The second-order valence-electron chi connectivity index (χ2n) is 5.34. The monoisotopic (exact) mass is 259 g/mol. The molecule has 0 unspecified atom stereocenters. The van der Waals surface area contributed by atoms with E-state index < -0.39 is 0 Å². The van der Waals surface area contributed by atoms with Crippen LogP contribution in [-0.2, 0) is 4.74 Å². The molecule has 4 nitrogen and oxygen atoms in total. The van der Waals surface area contributed by atoms with E-state index in [9.17, 15) is 0 Å². The Balaban J connectivity index is 1.84. The Morgan fingerprint density at radius 3 is 2.63 bits per heavy atom. The molecule has 1 aliphatic heterocycles. The molecule has 1 aliphatic carbocycles. The summed E-state index contributed by atoms with van der Waals surface area (Å²) in [6.07, 6.45) is 5.20. The van der Waals surface area contributed by atoms with Gasteiger partial charge >= 0.3 is 6.02 Å². The second kappa shape index (κ2) is 5.21. The number of hydrogen-bond donors (Lipinski definition) is 0. The summed E-state index contributed by atoms with van der Waals surface area (Å²) >= 11 is 0. The van der Waals surface area contributed by atoms with Gasteiger partial charge in [-0.15, -0.1) is 0 Å². The minimum atomic E-state index is 0.289. The molecule has 1 saturated heterocycles. The minimum Gasteiger partial charge on any atom is -0.459 e. The predicted octanol–water partition coefficient (Wildman–Crippen LogP) is 2.79. The Hall–Kier alpha value is -1.55. The molecule has 3 rings (SSSR count). The fourth-order valence-corrected chi connectivity index (χ4v) is 2.92. The maximum atomic E-state index is 6.11. The van der Waals surface area contributed by atoms with Crippen molar-refractivity contribution < 1.29 is 4.74 Å². The first-order valence-corrected chi connectivity index (χ1v) is 7.02. The van der Waals surface area contributed by atoms with Crippen molar-refractivity contribution in [2.24, 2.45) is 4.99 Å². The zero-order valence-corrected chi connectivity index (χ0v) is 11.6. The van der Waals surface area contributed by atoms with E-state index in [1.54, 1.807) is 0 Å². The highest BCUT2D eigenvalue weighted by molar-refractivity contribution is 5.77. The summed E-state index contributed by atoms with van der Waals surface area (Å²) in [5.41, 5.74) is 0.937. The number of aliphatic imine (C=N–C) groups is 1. The molecule has 0 amide bonds. The fraction of sp³-hybridized carbons (Fsp3) is 0.533. The minimum absolute atomic E-state index is 0.289. The average Bonchev–Trinajstić information content (AvgIpc) is 2.46. The number of fused-ring (bicyclic) bond motifs is 1. The molecule has 19 heavy (non-hydrogen) atoms. The van der Waals surface area contributed by atoms with Gasteiger partial charge in [-0.05, 0) is 31.4 Å². The van der Waals surface area contributed by atoms with Gasteiger partial charge in [0.05, 0.1) is 11.7 Å². The van der Waals surface area contributed by atoms with Crippen molar-refractivity contribution >= 4 is 11.7 Å². The van der Waals surface area contributed by atoms with E-state index in [1.807, 2.05) is 42.4 Å². The highest BCUT2D eigenvalue weighted by Crippen LogP contribution is 2.30. The summed E-state index contributed by atoms with van der Waals surface area (Å²) in [5, 5.41) is 4.30. The van der Waals surface area contributed by atoms with Crippen LogP contribution in [0.3, 0.4) is 0 Å². The van der Waals surface area contributed by atoms with E-state index in [2.05, 4.69) is 17.0 Å². The van der Waals surface area contributed by atoms with Crippen LogP contribution < -0.4 is 0 Å². The van der Waals surface area contributed by atoms with Crippen LogP contribution in [0, 0.1) is 0 Å². The molecule has 1 saturated carbocycles. The number of amidine groups is 1. The number of hydrazine groups is 1. The summed E-state index contributed by atoms with van der Waals surface area (Å²) < 4.78 is 6.11. The van der Waals surface area contributed by atoms with E-state index >= 15 is 0 Å². The molecule has 0 spiro atoms. The van der Waals surface area contributed by atoms with E-state index in [-0.39, 0.29) is 6.10 Å². The zero-order chi connectivity index (χ0) is 13.2. The number of likely N-dealkylation sites (N-methyl/N-ethyl adjacent to an activating group) is 1. The molecule has 2 atom stereocenters. The largest absolute Gasteiger partial charge is 0.459 e. The first-order chi connectivity index (χ1) is 9.25. The lowest BCUT2D eigenvalue weighted by Gasteiger charge is -2.47. The van der Waals surface area contributed by atoms with Gasteiger partial charge in [-0.25, -0.2) is 5.01 Å². The lowest BCUT2D eigenvalue weighted by atomic mass is 9.91. The van der Waals surface area contributed by atoms with Crippen molar-refractivity contribution in [3.05, 3.63) is 30.3 Å². The third-order valence-electron chi connectivity index (χ3n) is 4.14. The van der Waals surface area contributed by atoms with Crippen LogP contribution in [0.4, 0.5) is 5.69 Å². The SMILES string of the molecule is CN1C(=Nc2ccccc2)O[C@H]2CCCC[C@@H]2N1C. The van der Waals surface area contributed by atoms with Gasteiger partial charge in [0.1, 0.15) is 6.10 Å². The smallest absolute Gasteiger partial charge is 0.307 e. The van der Waals surface area contributed by atoms with Crippen molar-refractivity contribution in [2.75, 3.05) is 14.1 Å². The summed E-state index contributed by atoms with van der Waals surface area (Å²) in [6.45, 7) is 0. The Morgan fingerprint density at radius 1 is 1.11 bits per heavy atom. The molecule has 102 valence electrons. The summed E-state index contributed by atoms with van der Waals surface area (Å²) in [5.74, 6) is 0. The van der Waals surface area contributed by atoms with Gasteiger partial charge in [-0.3, -0.25) is 5.01 Å². The first-order valence-electron chi connectivity index (χ1n) is 7.02. The lowest BCUT2D eigenvalue weighted by molar-refractivity contribution is -0.0973. The lowest BCUT2D eigenvalue weighted by Crippen LogP contribution is -2.59. The van der Waals surface area contributed by atoms with Crippen LogP contribution in [0.1, 0.15) is 25.7 Å². The first kappa shape index (κ1) is 12.5. The topological polar surface area (TPSA) is 28.1 Å². The molecule has 0 N–H and O–H groups in total. The molecule has 2 aliphatic rings. The molecule has 0 aromatic heterocycles. The Morgan fingerprint density at radius 2 is 1.84 bits per heavy atom. The van der Waals surface area contributed by atoms with E-state index in [0.29, 0.717) is 12.1 Å². The Labute approximate surface area is 114 Å². The molecule has 4 heteroatoms. The number of benzene rings is 1. The summed E-state index contributed by atoms with van der Waals surface area (Å²) in [7, 11) is 4.15. The van der Waals surface area contributed by atoms with Crippen LogP contribution in [0.25, 0.3) is 0 Å². The van der Waals surface area contributed by atoms with E-state index in [0.717, 1.165) is 12.1 Å². The summed E-state index contributed by atoms with van der Waals surface area (Å²) in [4.78, 5) is 4.62. The Bertz CT molecular complexity index is 458. The highest BCUT2D eigenvalue weighted by Gasteiger charge is 2.38. The van der Waals surface area contributed by atoms with E-state index in [4.69, 9.17) is 4.74 Å². The molecule has 2 fully saturated rings. The predicted molar refractivity (Wildman–Crippen MR) is 76.2 cm³/mol. The van der Waals surface area contributed by atoms with Crippen molar-refractivity contribution in [3.8, 4) is 0 Å². The van der Waals surface area contributed by atoms with Gasteiger partial charge in [-0.2, -0.15) is 4.99 Å². The number of para-hydroxylation sites is 1. The summed E-state index contributed by atoms with van der Waals surface area (Å²) in [6, 6.07) is 11.2. The van der Waals surface area contributed by atoms with Gasteiger partial charge < -0.3 is 4.74 Å². The quantitative estimate of drug-likeness (QED) is 0.776. The standard InChI is InChI=1S/C15H21N3O/c1-17-13-10-6-7-11-14(13)19-15(18(17)2)16-12-8-4-3-5-9-12/h3-5,8-9,13-14H,6-7,10-11H2,1-2H3/t13-,14-/m0/s1. The Kier molecular flexibility index (Phi) is 3.42. The van der Waals surface area contributed by atoms with Crippen molar-refractivity contribution in [2.45, 2.75) is 37.8 Å². The van der Waals surface area contributed by atoms with Crippen molar-refractivity contribution in [1.82, 2.24) is 10.0 Å². The van der Waals surface area contributed by atoms with Crippen LogP contribution in [0.15, 0.2) is 35.3 Å².